The summed E-state index contributed by atoms with van der Waals surface area (Å²) in [6.45, 7) is 0. The highest BCUT2D eigenvalue weighted by Crippen LogP contribution is 2.36. The van der Waals surface area contributed by atoms with Crippen LogP contribution in [0.25, 0.3) is 11.4 Å². The fourth-order valence-corrected chi connectivity index (χ4v) is 2.10. The van der Waals surface area contributed by atoms with E-state index in [0.29, 0.717) is 12.3 Å². The van der Waals surface area contributed by atoms with Gasteiger partial charge in [0, 0.05) is 17.4 Å². The van der Waals surface area contributed by atoms with Gasteiger partial charge in [-0.3, -0.25) is 4.98 Å². The summed E-state index contributed by atoms with van der Waals surface area (Å²) >= 11 is 5.50. The van der Waals surface area contributed by atoms with Gasteiger partial charge in [-0.15, -0.1) is 0 Å². The van der Waals surface area contributed by atoms with Crippen molar-refractivity contribution in [2.75, 3.05) is 11.5 Å². The van der Waals surface area contributed by atoms with Crippen molar-refractivity contribution in [3.05, 3.63) is 65.2 Å². The number of pyridine rings is 1. The maximum atomic E-state index is 12.8. The van der Waals surface area contributed by atoms with Gasteiger partial charge in [0.15, 0.2) is 16.7 Å². The van der Waals surface area contributed by atoms with Crippen LogP contribution in [0.1, 0.15) is 11.4 Å². The number of anilines is 2. The van der Waals surface area contributed by atoms with E-state index in [1.807, 2.05) is 30.3 Å². The molecule has 0 aliphatic carbocycles. The minimum absolute atomic E-state index is 0.166. The number of hydrogen-bond acceptors (Lipinski definition) is 5. The lowest BCUT2D eigenvalue weighted by Gasteiger charge is -2.12. The van der Waals surface area contributed by atoms with Crippen molar-refractivity contribution >= 4 is 23.0 Å². The molecular formula is C17H12ClF6N5. The second-order valence-corrected chi connectivity index (χ2v) is 5.80. The molecule has 2 heterocycles. The van der Waals surface area contributed by atoms with Gasteiger partial charge in [-0.2, -0.15) is 26.3 Å². The van der Waals surface area contributed by atoms with Crippen LogP contribution >= 0.6 is 11.6 Å². The fraction of sp³-hybridized carbons (Fsp3) is 0.118. The van der Waals surface area contributed by atoms with Gasteiger partial charge in [-0.05, 0) is 24.3 Å². The molecule has 0 aliphatic rings. The van der Waals surface area contributed by atoms with Crippen molar-refractivity contribution in [2.24, 2.45) is 0 Å². The Hall–Kier alpha value is -3.08. The quantitative estimate of drug-likeness (QED) is 0.316. The van der Waals surface area contributed by atoms with Crippen LogP contribution < -0.4 is 11.5 Å². The number of nitrogens with zero attached hydrogens (tertiary/aromatic N) is 3. The molecule has 0 unspecified atom stereocenters. The number of nitrogens with two attached hydrogens (primary N) is 2. The number of alkyl halides is 6. The first kappa shape index (κ1) is 22.2. The Balaban J connectivity index is 0.000000360. The van der Waals surface area contributed by atoms with Crippen molar-refractivity contribution in [1.82, 2.24) is 15.0 Å². The summed E-state index contributed by atoms with van der Waals surface area (Å²) in [5.74, 6) is -0.534. The molecule has 2 aromatic heterocycles. The molecule has 0 radical (unpaired) electrons. The number of benzene rings is 1. The average molecular weight is 436 g/mol. The van der Waals surface area contributed by atoms with E-state index in [9.17, 15) is 26.3 Å². The lowest BCUT2D eigenvalue weighted by molar-refractivity contribution is -0.141. The predicted molar refractivity (Wildman–Crippen MR) is 95.5 cm³/mol. The summed E-state index contributed by atoms with van der Waals surface area (Å²) in [6.07, 6.45) is -8.86. The highest BCUT2D eigenvalue weighted by molar-refractivity contribution is 6.32. The van der Waals surface area contributed by atoms with Gasteiger partial charge < -0.3 is 11.5 Å². The maximum Gasteiger partial charge on any atom is 0.435 e. The lowest BCUT2D eigenvalue weighted by atomic mass is 10.2. The first-order valence-corrected chi connectivity index (χ1v) is 8.01. The van der Waals surface area contributed by atoms with E-state index in [4.69, 9.17) is 23.1 Å². The Morgan fingerprint density at radius 2 is 1.41 bits per heavy atom. The van der Waals surface area contributed by atoms with Gasteiger partial charge in [0.2, 0.25) is 0 Å². The molecule has 154 valence electrons. The summed E-state index contributed by atoms with van der Waals surface area (Å²) in [5, 5.41) is -0.655. The van der Waals surface area contributed by atoms with E-state index in [1.165, 1.54) is 0 Å². The molecule has 0 amide bonds. The first-order valence-electron chi connectivity index (χ1n) is 7.64. The normalized spacial score (nSPS) is 11.6. The number of para-hydroxylation sites is 1. The number of aromatic nitrogens is 3. The van der Waals surface area contributed by atoms with E-state index in [-0.39, 0.29) is 5.56 Å². The van der Waals surface area contributed by atoms with E-state index < -0.39 is 40.4 Å². The van der Waals surface area contributed by atoms with Crippen LogP contribution in [0, 0.1) is 0 Å². The van der Waals surface area contributed by atoms with E-state index in [2.05, 4.69) is 15.0 Å². The standard InChI is InChI=1S/C11H5ClF6N4.C6H7N/c12-8-6(19)7(11(16,17)18)21-9(22-8)4-1-2-5(20-3-4)10(13,14)15;7-6-4-2-1-3-5-6/h1-3H,19H2;1-5H,7H2. The highest BCUT2D eigenvalue weighted by atomic mass is 35.5. The molecule has 0 saturated carbocycles. The van der Waals surface area contributed by atoms with Gasteiger partial charge in [-0.25, -0.2) is 9.97 Å². The third-order valence-electron chi connectivity index (χ3n) is 3.28. The Morgan fingerprint density at radius 1 is 0.793 bits per heavy atom. The van der Waals surface area contributed by atoms with E-state index in [0.717, 1.165) is 11.8 Å². The summed E-state index contributed by atoms with van der Waals surface area (Å²) in [4.78, 5) is 9.83. The molecule has 3 aromatic rings. The molecule has 0 bridgehead atoms. The third kappa shape index (κ3) is 5.95. The molecule has 4 N–H and O–H groups in total. The second kappa shape index (κ2) is 8.52. The van der Waals surface area contributed by atoms with Crippen LogP contribution in [-0.2, 0) is 12.4 Å². The van der Waals surface area contributed by atoms with Gasteiger partial charge >= 0.3 is 12.4 Å². The second-order valence-electron chi connectivity index (χ2n) is 5.44. The van der Waals surface area contributed by atoms with Crippen LogP contribution in [0.3, 0.4) is 0 Å². The van der Waals surface area contributed by atoms with Gasteiger partial charge in [0.25, 0.3) is 0 Å². The molecular weight excluding hydrogens is 424 g/mol. The Kier molecular flexibility index (Phi) is 6.52. The van der Waals surface area contributed by atoms with Gasteiger partial charge in [0.05, 0.1) is 0 Å². The van der Waals surface area contributed by atoms with E-state index >= 15 is 0 Å². The Morgan fingerprint density at radius 3 is 1.83 bits per heavy atom. The zero-order valence-corrected chi connectivity index (χ0v) is 15.0. The van der Waals surface area contributed by atoms with Crippen molar-refractivity contribution in [1.29, 1.82) is 0 Å². The molecule has 0 saturated heterocycles. The minimum Gasteiger partial charge on any atom is -0.399 e. The van der Waals surface area contributed by atoms with Gasteiger partial charge in [0.1, 0.15) is 11.4 Å². The van der Waals surface area contributed by atoms with Crippen LogP contribution in [0.2, 0.25) is 5.15 Å². The SMILES string of the molecule is Nc1c(Cl)nc(-c2ccc(C(F)(F)F)nc2)nc1C(F)(F)F.Nc1ccccc1. The summed E-state index contributed by atoms with van der Waals surface area (Å²) in [5.41, 5.74) is 7.64. The summed E-state index contributed by atoms with van der Waals surface area (Å²) in [6, 6.07) is 11.0. The Labute approximate surface area is 165 Å². The minimum atomic E-state index is -4.88. The maximum absolute atomic E-state index is 12.8. The van der Waals surface area contributed by atoms with E-state index in [1.54, 1.807) is 0 Å². The molecule has 0 atom stereocenters. The molecule has 12 heteroatoms. The van der Waals surface area contributed by atoms with Gasteiger partial charge in [-0.1, -0.05) is 29.8 Å². The third-order valence-corrected chi connectivity index (χ3v) is 3.57. The zero-order chi connectivity index (χ0) is 21.8. The van der Waals surface area contributed by atoms with Crippen LogP contribution in [-0.4, -0.2) is 15.0 Å². The molecule has 5 nitrogen and oxygen atoms in total. The highest BCUT2D eigenvalue weighted by Gasteiger charge is 2.37. The average Bonchev–Trinajstić information content (AvgIpc) is 2.63. The number of rotatable bonds is 1. The monoisotopic (exact) mass is 435 g/mol. The summed E-state index contributed by atoms with van der Waals surface area (Å²) in [7, 11) is 0. The van der Waals surface area contributed by atoms with Crippen molar-refractivity contribution in [2.45, 2.75) is 12.4 Å². The largest absolute Gasteiger partial charge is 0.435 e. The lowest BCUT2D eigenvalue weighted by Crippen LogP contribution is -2.14. The molecule has 3 rings (SSSR count). The number of nitrogen functional groups attached to an aromatic ring is 2. The zero-order valence-electron chi connectivity index (χ0n) is 14.3. The molecule has 29 heavy (non-hydrogen) atoms. The fourth-order valence-electron chi connectivity index (χ4n) is 1.93. The molecule has 0 spiro atoms. The van der Waals surface area contributed by atoms with Crippen LogP contribution in [0.4, 0.5) is 37.7 Å². The van der Waals surface area contributed by atoms with Crippen LogP contribution in [0.15, 0.2) is 48.7 Å². The Bertz CT molecular complexity index is 959. The van der Waals surface area contributed by atoms with Crippen molar-refractivity contribution < 1.29 is 26.3 Å². The predicted octanol–water partition coefficient (Wildman–Crippen LogP) is 5.08. The summed E-state index contributed by atoms with van der Waals surface area (Å²) < 4.78 is 75.4. The van der Waals surface area contributed by atoms with Crippen molar-refractivity contribution in [3.8, 4) is 11.4 Å². The topological polar surface area (TPSA) is 90.7 Å². The first-order chi connectivity index (χ1) is 13.4. The smallest absolute Gasteiger partial charge is 0.399 e. The molecule has 0 fully saturated rings. The molecule has 1 aromatic carbocycles. The number of halogens is 7. The van der Waals surface area contributed by atoms with Crippen LogP contribution in [0.5, 0.6) is 0 Å². The number of hydrogen-bond donors (Lipinski definition) is 2. The van der Waals surface area contributed by atoms with Crippen molar-refractivity contribution in [3.63, 3.8) is 0 Å². The molecule has 0 aliphatic heterocycles.